The summed E-state index contributed by atoms with van der Waals surface area (Å²) in [4.78, 5) is 21.6. The van der Waals surface area contributed by atoms with Gasteiger partial charge in [-0.15, -0.1) is 4.33 Å². The second kappa shape index (κ2) is 9.77. The molecular weight excluding hydrogens is 438 g/mol. The number of hydrogen-bond acceptors (Lipinski definition) is 9. The summed E-state index contributed by atoms with van der Waals surface area (Å²) >= 11 is 2.15. The third-order valence-electron chi connectivity index (χ3n) is 4.22. The van der Waals surface area contributed by atoms with Gasteiger partial charge < -0.3 is 10.4 Å². The fourth-order valence-corrected chi connectivity index (χ4v) is 4.21. The van der Waals surface area contributed by atoms with E-state index in [9.17, 15) is 9.90 Å². The van der Waals surface area contributed by atoms with E-state index in [4.69, 9.17) is 5.26 Å². The van der Waals surface area contributed by atoms with E-state index in [2.05, 4.69) is 24.7 Å². The molecule has 3 aromatic carbocycles. The first-order valence-electron chi connectivity index (χ1n) is 8.92. The van der Waals surface area contributed by atoms with E-state index in [0.717, 1.165) is 33.4 Å². The molecule has 3 N–H and O–H groups in total. The van der Waals surface area contributed by atoms with Crippen molar-refractivity contribution in [3.05, 3.63) is 78.5 Å². The van der Waals surface area contributed by atoms with E-state index < -0.39 is 5.97 Å². The van der Waals surface area contributed by atoms with Gasteiger partial charge in [0, 0.05) is 27.1 Å². The number of fused-ring (bicyclic) bond motifs is 1. The van der Waals surface area contributed by atoms with Crippen LogP contribution in [0.4, 0.5) is 11.6 Å². The quantitative estimate of drug-likeness (QED) is 0.134. The highest BCUT2D eigenvalue weighted by molar-refractivity contribution is 7.99. The topological polar surface area (TPSA) is 114 Å². The predicted molar refractivity (Wildman–Crippen MR) is 117 cm³/mol. The van der Waals surface area contributed by atoms with Gasteiger partial charge in [0.05, 0.1) is 17.6 Å². The highest BCUT2D eigenvalue weighted by Crippen LogP contribution is 2.32. The Hall–Kier alpha value is -3.15. The van der Waals surface area contributed by atoms with Crippen molar-refractivity contribution in [2.75, 3.05) is 5.32 Å². The molecule has 0 aliphatic heterocycles. The Labute approximate surface area is 185 Å². The van der Waals surface area contributed by atoms with Gasteiger partial charge in [-0.25, -0.2) is 20.0 Å². The molecule has 0 spiro atoms. The maximum absolute atomic E-state index is 11.4. The number of carboxylic acids is 1. The standard InChI is InChI=1S/C21H15N3O5S2/c25-20(26)16-5-1-2-7-18(16)30-19-10-11-22-21(24-19)23-17-6-3-4-13-12-14(31-29-28-27)8-9-15(13)17/h1-12,27H,(H,25,26)(H,22,23,24). The second-order valence-corrected chi connectivity index (χ2v) is 8.00. The Morgan fingerprint density at radius 3 is 2.74 bits per heavy atom. The van der Waals surface area contributed by atoms with E-state index in [0.29, 0.717) is 15.9 Å². The molecule has 1 heterocycles. The summed E-state index contributed by atoms with van der Waals surface area (Å²) in [6.45, 7) is 0. The van der Waals surface area contributed by atoms with Crippen LogP contribution in [0.1, 0.15) is 10.4 Å². The third kappa shape index (κ3) is 5.13. The van der Waals surface area contributed by atoms with Crippen LogP contribution in [0.15, 0.2) is 87.7 Å². The molecule has 0 aliphatic rings. The molecule has 0 bridgehead atoms. The lowest BCUT2D eigenvalue weighted by atomic mass is 10.1. The van der Waals surface area contributed by atoms with E-state index in [1.807, 2.05) is 36.4 Å². The van der Waals surface area contributed by atoms with Gasteiger partial charge in [0.15, 0.2) is 0 Å². The molecule has 0 fully saturated rings. The van der Waals surface area contributed by atoms with Crippen LogP contribution in [0.3, 0.4) is 0 Å². The van der Waals surface area contributed by atoms with E-state index in [1.165, 1.54) is 11.8 Å². The highest BCUT2D eigenvalue weighted by atomic mass is 32.2. The zero-order chi connectivity index (χ0) is 21.6. The number of carbonyl (C=O) groups is 1. The molecule has 8 nitrogen and oxygen atoms in total. The molecule has 156 valence electrons. The van der Waals surface area contributed by atoms with Crippen molar-refractivity contribution < 1.29 is 24.5 Å². The van der Waals surface area contributed by atoms with Crippen LogP contribution in [-0.2, 0) is 9.37 Å². The fourth-order valence-electron chi connectivity index (χ4n) is 2.90. The van der Waals surface area contributed by atoms with Gasteiger partial charge in [-0.2, -0.15) is 0 Å². The molecule has 0 aliphatic carbocycles. The molecule has 10 heteroatoms. The zero-order valence-corrected chi connectivity index (χ0v) is 17.4. The first kappa shape index (κ1) is 21.1. The summed E-state index contributed by atoms with van der Waals surface area (Å²) in [7, 11) is 0. The predicted octanol–water partition coefficient (Wildman–Crippen LogP) is 5.65. The SMILES string of the molecule is O=C(O)c1ccccc1Sc1ccnc(Nc2cccc3cc(SOOO)ccc23)n1. The van der Waals surface area contributed by atoms with Crippen molar-refractivity contribution in [1.29, 1.82) is 0 Å². The molecule has 0 atom stereocenters. The third-order valence-corrected chi connectivity index (χ3v) is 5.81. The average molecular weight is 454 g/mol. The molecule has 1 aromatic heterocycles. The monoisotopic (exact) mass is 453 g/mol. The summed E-state index contributed by atoms with van der Waals surface area (Å²) in [5, 5.41) is 27.0. The zero-order valence-electron chi connectivity index (χ0n) is 15.8. The minimum absolute atomic E-state index is 0.221. The minimum atomic E-state index is -0.986. The summed E-state index contributed by atoms with van der Waals surface area (Å²) < 4.78 is 4.48. The number of aromatic nitrogens is 2. The van der Waals surface area contributed by atoms with Crippen LogP contribution < -0.4 is 5.32 Å². The number of nitrogens with one attached hydrogen (secondary N) is 1. The van der Waals surface area contributed by atoms with Gasteiger partial charge in [-0.3, -0.25) is 0 Å². The van der Waals surface area contributed by atoms with Gasteiger partial charge in [-0.1, -0.05) is 47.1 Å². The van der Waals surface area contributed by atoms with Crippen molar-refractivity contribution >= 4 is 52.2 Å². The van der Waals surface area contributed by atoms with Crippen LogP contribution in [0.5, 0.6) is 0 Å². The van der Waals surface area contributed by atoms with Crippen molar-refractivity contribution in [2.45, 2.75) is 14.8 Å². The minimum Gasteiger partial charge on any atom is -0.478 e. The number of nitrogens with zero attached hydrogens (tertiary/aromatic N) is 2. The number of benzene rings is 3. The summed E-state index contributed by atoms with van der Waals surface area (Å²) in [5.41, 5.74) is 1.03. The number of aromatic carboxylic acids is 1. The summed E-state index contributed by atoms with van der Waals surface area (Å²) in [5.74, 6) is -0.597. The first-order valence-corrected chi connectivity index (χ1v) is 10.5. The lowest BCUT2D eigenvalue weighted by Gasteiger charge is -2.10. The summed E-state index contributed by atoms with van der Waals surface area (Å²) in [6.07, 6.45) is 1.62. The van der Waals surface area contributed by atoms with Gasteiger partial charge in [0.2, 0.25) is 5.95 Å². The van der Waals surface area contributed by atoms with Gasteiger partial charge in [0.25, 0.3) is 0 Å². The smallest absolute Gasteiger partial charge is 0.336 e. The van der Waals surface area contributed by atoms with E-state index in [1.54, 1.807) is 36.5 Å². The second-order valence-electron chi connectivity index (χ2n) is 6.16. The normalized spacial score (nSPS) is 10.9. The van der Waals surface area contributed by atoms with E-state index >= 15 is 0 Å². The number of rotatable bonds is 8. The molecular formula is C21H15N3O5S2. The average Bonchev–Trinajstić information content (AvgIpc) is 2.78. The lowest BCUT2D eigenvalue weighted by molar-refractivity contribution is -0.432. The summed E-state index contributed by atoms with van der Waals surface area (Å²) in [6, 6.07) is 19.9. The van der Waals surface area contributed by atoms with Gasteiger partial charge >= 0.3 is 5.97 Å². The molecule has 0 saturated heterocycles. The molecule has 4 aromatic rings. The molecule has 4 rings (SSSR count). The van der Waals surface area contributed by atoms with Crippen molar-refractivity contribution in [1.82, 2.24) is 9.97 Å². The van der Waals surface area contributed by atoms with Gasteiger partial charge in [0.1, 0.15) is 5.03 Å². The number of hydrogen-bond donors (Lipinski definition) is 3. The Bertz CT molecular complexity index is 1240. The Kier molecular flexibility index (Phi) is 6.65. The van der Waals surface area contributed by atoms with Gasteiger partial charge in [-0.05, 0) is 41.8 Å². The maximum Gasteiger partial charge on any atom is 0.336 e. The van der Waals surface area contributed by atoms with Crippen molar-refractivity contribution in [3.8, 4) is 0 Å². The van der Waals surface area contributed by atoms with Crippen LogP contribution in [0.25, 0.3) is 10.8 Å². The lowest BCUT2D eigenvalue weighted by Crippen LogP contribution is -2.00. The van der Waals surface area contributed by atoms with E-state index in [-0.39, 0.29) is 5.56 Å². The first-order chi connectivity index (χ1) is 15.1. The van der Waals surface area contributed by atoms with Crippen molar-refractivity contribution in [3.63, 3.8) is 0 Å². The molecule has 0 amide bonds. The van der Waals surface area contributed by atoms with Crippen LogP contribution in [0, 0.1) is 0 Å². The van der Waals surface area contributed by atoms with Crippen LogP contribution >= 0.6 is 23.8 Å². The Balaban J connectivity index is 1.58. The largest absolute Gasteiger partial charge is 0.478 e. The van der Waals surface area contributed by atoms with Crippen LogP contribution in [0.2, 0.25) is 0 Å². The number of carboxylic acid groups (broad SMARTS) is 1. The van der Waals surface area contributed by atoms with Crippen LogP contribution in [-0.4, -0.2) is 26.3 Å². The Morgan fingerprint density at radius 2 is 1.90 bits per heavy atom. The number of anilines is 2. The highest BCUT2D eigenvalue weighted by Gasteiger charge is 2.12. The Morgan fingerprint density at radius 1 is 1.03 bits per heavy atom. The molecule has 0 radical (unpaired) electrons. The fraction of sp³-hybridized carbons (Fsp3) is 0. The molecule has 0 saturated carbocycles. The molecule has 31 heavy (non-hydrogen) atoms. The maximum atomic E-state index is 11.4. The van der Waals surface area contributed by atoms with Crippen molar-refractivity contribution in [2.24, 2.45) is 0 Å². The molecule has 0 unspecified atom stereocenters.